The van der Waals surface area contributed by atoms with Gasteiger partial charge in [-0.3, -0.25) is 9.59 Å². The number of aromatic amines is 1. The van der Waals surface area contributed by atoms with Gasteiger partial charge in [-0.2, -0.15) is 0 Å². The van der Waals surface area contributed by atoms with E-state index in [1.54, 1.807) is 0 Å². The first-order chi connectivity index (χ1) is 10.6. The Hall–Kier alpha value is -2.10. The van der Waals surface area contributed by atoms with Crippen molar-refractivity contribution in [3.63, 3.8) is 0 Å². The fraction of sp³-hybridized carbons (Fsp3) is 0.444. The van der Waals surface area contributed by atoms with Gasteiger partial charge in [0.15, 0.2) is 5.43 Å². The number of aryl methyl sites for hydroxylation is 1. The largest absolute Gasteiger partial charge is 0.350 e. The molecule has 0 spiro atoms. The van der Waals surface area contributed by atoms with E-state index < -0.39 is 0 Å². The molecule has 1 aliphatic heterocycles. The smallest absolute Gasteiger partial charge is 0.271 e. The number of fused-ring (bicyclic) bond motifs is 2. The van der Waals surface area contributed by atoms with E-state index in [1.807, 2.05) is 30.0 Å². The molecule has 114 valence electrons. The van der Waals surface area contributed by atoms with Crippen LogP contribution in [0, 0.1) is 6.92 Å². The van der Waals surface area contributed by atoms with Crippen LogP contribution in [-0.4, -0.2) is 21.8 Å². The van der Waals surface area contributed by atoms with Gasteiger partial charge in [0.25, 0.3) is 5.91 Å². The van der Waals surface area contributed by atoms with Crippen molar-refractivity contribution < 1.29 is 4.79 Å². The van der Waals surface area contributed by atoms with Crippen molar-refractivity contribution in [2.45, 2.75) is 51.6 Å². The Morgan fingerprint density at radius 3 is 2.68 bits per heavy atom. The number of nitrogens with zero attached hydrogens (tertiary/aromatic N) is 1. The van der Waals surface area contributed by atoms with Crippen molar-refractivity contribution in [1.82, 2.24) is 9.88 Å². The summed E-state index contributed by atoms with van der Waals surface area (Å²) >= 11 is 0. The Kier molecular flexibility index (Phi) is 3.06. The van der Waals surface area contributed by atoms with Crippen molar-refractivity contribution >= 4 is 16.8 Å². The molecule has 4 nitrogen and oxygen atoms in total. The highest BCUT2D eigenvalue weighted by Crippen LogP contribution is 2.29. The first kappa shape index (κ1) is 13.6. The molecule has 1 N–H and O–H groups in total. The van der Waals surface area contributed by atoms with Gasteiger partial charge in [0.2, 0.25) is 0 Å². The fourth-order valence-electron chi connectivity index (χ4n) is 3.85. The third kappa shape index (κ3) is 1.97. The quantitative estimate of drug-likeness (QED) is 0.879. The number of pyridine rings is 1. The van der Waals surface area contributed by atoms with E-state index in [-0.39, 0.29) is 11.3 Å². The van der Waals surface area contributed by atoms with E-state index in [0.717, 1.165) is 23.9 Å². The molecule has 1 fully saturated rings. The molecule has 1 aromatic heterocycles. The number of carbonyl (C=O) groups excluding carboxylic acids is 1. The molecule has 1 aliphatic carbocycles. The molecule has 2 heterocycles. The summed E-state index contributed by atoms with van der Waals surface area (Å²) in [5, 5.41) is 0.692. The minimum atomic E-state index is 0.00137. The molecule has 4 heteroatoms. The third-order valence-corrected chi connectivity index (χ3v) is 5.07. The van der Waals surface area contributed by atoms with Gasteiger partial charge in [-0.25, -0.2) is 0 Å². The molecule has 2 aliphatic rings. The van der Waals surface area contributed by atoms with Gasteiger partial charge in [0.1, 0.15) is 5.69 Å². The lowest BCUT2D eigenvalue weighted by molar-refractivity contribution is 0.0656. The molecular formula is C18H20N2O2. The Bertz CT molecular complexity index is 816. The molecule has 0 radical (unpaired) electrons. The fourth-order valence-corrected chi connectivity index (χ4v) is 3.85. The lowest BCUT2D eigenvalue weighted by Crippen LogP contribution is -2.37. The second kappa shape index (κ2) is 4.97. The standard InChI is InChI=1S/C18H20N2O2/c1-11-7-8-15-13(9-11)17(21)14-10-20(18(22)16(14)19-15)12-5-3-2-4-6-12/h7-9,12H,2-6,10H2,1H3,(H,19,21). The van der Waals surface area contributed by atoms with Crippen LogP contribution in [0.5, 0.6) is 0 Å². The van der Waals surface area contributed by atoms with E-state index in [1.165, 1.54) is 19.3 Å². The van der Waals surface area contributed by atoms with Crippen LogP contribution in [0.25, 0.3) is 10.9 Å². The Morgan fingerprint density at radius 1 is 1.14 bits per heavy atom. The summed E-state index contributed by atoms with van der Waals surface area (Å²) < 4.78 is 0. The molecule has 0 bridgehead atoms. The molecule has 0 unspecified atom stereocenters. The zero-order valence-corrected chi connectivity index (χ0v) is 12.8. The lowest BCUT2D eigenvalue weighted by Gasteiger charge is -2.30. The summed E-state index contributed by atoms with van der Waals surface area (Å²) in [6.45, 7) is 2.45. The van der Waals surface area contributed by atoms with Crippen LogP contribution >= 0.6 is 0 Å². The van der Waals surface area contributed by atoms with E-state index in [2.05, 4.69) is 4.98 Å². The van der Waals surface area contributed by atoms with Gasteiger partial charge in [-0.1, -0.05) is 30.9 Å². The van der Waals surface area contributed by atoms with Crippen molar-refractivity contribution in [2.75, 3.05) is 0 Å². The van der Waals surface area contributed by atoms with E-state index in [9.17, 15) is 9.59 Å². The van der Waals surface area contributed by atoms with Crippen molar-refractivity contribution in [3.05, 3.63) is 45.2 Å². The molecule has 2 aromatic rings. The molecule has 4 rings (SSSR count). The third-order valence-electron chi connectivity index (χ3n) is 5.07. The summed E-state index contributed by atoms with van der Waals surface area (Å²) in [7, 11) is 0. The number of rotatable bonds is 1. The van der Waals surface area contributed by atoms with Gasteiger partial charge < -0.3 is 9.88 Å². The Morgan fingerprint density at radius 2 is 1.91 bits per heavy atom. The molecule has 0 atom stereocenters. The van der Waals surface area contributed by atoms with Crippen molar-refractivity contribution in [3.8, 4) is 0 Å². The SMILES string of the molecule is Cc1ccc2[nH]c3c(c(=O)c2c1)CN(C1CCCCC1)C3=O. The highest BCUT2D eigenvalue weighted by Gasteiger charge is 2.35. The van der Waals surface area contributed by atoms with E-state index in [4.69, 9.17) is 0 Å². The summed E-state index contributed by atoms with van der Waals surface area (Å²) in [5.41, 5.74) is 2.99. The number of nitrogens with one attached hydrogen (secondary N) is 1. The second-order valence-electron chi connectivity index (χ2n) is 6.58. The average Bonchev–Trinajstić information content (AvgIpc) is 2.87. The number of carbonyl (C=O) groups is 1. The van der Waals surface area contributed by atoms with Gasteiger partial charge in [-0.05, 0) is 31.9 Å². The maximum absolute atomic E-state index is 12.7. The van der Waals surface area contributed by atoms with Crippen LogP contribution in [0.15, 0.2) is 23.0 Å². The summed E-state index contributed by atoms with van der Waals surface area (Å²) in [6, 6.07) is 6.06. The Labute approximate surface area is 129 Å². The lowest BCUT2D eigenvalue weighted by atomic mass is 9.94. The predicted octanol–water partition coefficient (Wildman–Crippen LogP) is 3.13. The van der Waals surface area contributed by atoms with Gasteiger partial charge in [-0.15, -0.1) is 0 Å². The minimum Gasteiger partial charge on any atom is -0.350 e. The maximum atomic E-state index is 12.7. The maximum Gasteiger partial charge on any atom is 0.271 e. The number of H-pyrrole nitrogens is 1. The van der Waals surface area contributed by atoms with Gasteiger partial charge in [0.05, 0.1) is 6.54 Å². The van der Waals surface area contributed by atoms with Crippen LogP contribution in [-0.2, 0) is 6.54 Å². The molecule has 22 heavy (non-hydrogen) atoms. The zero-order valence-electron chi connectivity index (χ0n) is 12.8. The summed E-state index contributed by atoms with van der Waals surface area (Å²) in [5.74, 6) is 0.00137. The summed E-state index contributed by atoms with van der Waals surface area (Å²) in [6.07, 6.45) is 5.74. The first-order valence-corrected chi connectivity index (χ1v) is 8.11. The van der Waals surface area contributed by atoms with Gasteiger partial charge in [0, 0.05) is 22.5 Å². The zero-order chi connectivity index (χ0) is 15.3. The van der Waals surface area contributed by atoms with Crippen LogP contribution in [0.2, 0.25) is 0 Å². The first-order valence-electron chi connectivity index (χ1n) is 8.11. The average molecular weight is 296 g/mol. The monoisotopic (exact) mass is 296 g/mol. The highest BCUT2D eigenvalue weighted by molar-refractivity contribution is 5.99. The van der Waals surface area contributed by atoms with E-state index >= 15 is 0 Å². The number of hydrogen-bond acceptors (Lipinski definition) is 2. The van der Waals surface area contributed by atoms with Crippen LogP contribution in [0.1, 0.15) is 53.7 Å². The normalized spacial score (nSPS) is 19.0. The molecular weight excluding hydrogens is 276 g/mol. The van der Waals surface area contributed by atoms with Gasteiger partial charge >= 0.3 is 0 Å². The second-order valence-corrected chi connectivity index (χ2v) is 6.58. The van der Waals surface area contributed by atoms with Crippen molar-refractivity contribution in [2.24, 2.45) is 0 Å². The highest BCUT2D eigenvalue weighted by atomic mass is 16.2. The number of amides is 1. The van der Waals surface area contributed by atoms with Crippen LogP contribution < -0.4 is 5.43 Å². The number of aromatic nitrogens is 1. The molecule has 1 saturated carbocycles. The number of benzene rings is 1. The molecule has 1 aromatic carbocycles. The van der Waals surface area contributed by atoms with E-state index in [0.29, 0.717) is 29.2 Å². The molecule has 0 saturated heterocycles. The minimum absolute atomic E-state index is 0.00137. The summed E-state index contributed by atoms with van der Waals surface area (Å²) in [4.78, 5) is 30.6. The topological polar surface area (TPSA) is 53.2 Å². The van der Waals surface area contributed by atoms with Crippen LogP contribution in [0.4, 0.5) is 0 Å². The predicted molar refractivity (Wildman–Crippen MR) is 86.1 cm³/mol. The molecule has 1 amide bonds. The Balaban J connectivity index is 1.81. The van der Waals surface area contributed by atoms with Crippen molar-refractivity contribution in [1.29, 1.82) is 0 Å². The number of hydrogen-bond donors (Lipinski definition) is 1. The van der Waals surface area contributed by atoms with Crippen LogP contribution in [0.3, 0.4) is 0 Å².